The Balaban J connectivity index is 1.71. The second-order valence-corrected chi connectivity index (χ2v) is 5.80. The van der Waals surface area contributed by atoms with Crippen LogP contribution in [0.25, 0.3) is 0 Å². The molecule has 2 N–H and O–H groups in total. The summed E-state index contributed by atoms with van der Waals surface area (Å²) in [5.74, 6) is 0.330. The molecular formula is C15H14N2O3S. The Morgan fingerprint density at radius 2 is 2.29 bits per heavy atom. The Labute approximate surface area is 125 Å². The number of carbonyl (C=O) groups excluding carboxylic acids is 2. The SMILES string of the molecule is CC1Oc2ccc(NC(=O)Cc3cccs3)cc2NC1=O. The molecule has 1 unspecified atom stereocenters. The Morgan fingerprint density at radius 1 is 1.43 bits per heavy atom. The smallest absolute Gasteiger partial charge is 0.265 e. The first-order chi connectivity index (χ1) is 10.1. The molecule has 0 fully saturated rings. The zero-order valence-corrected chi connectivity index (χ0v) is 12.2. The van der Waals surface area contributed by atoms with Crippen molar-refractivity contribution < 1.29 is 14.3 Å². The molecule has 108 valence electrons. The van der Waals surface area contributed by atoms with Crippen molar-refractivity contribution in [3.8, 4) is 5.75 Å². The summed E-state index contributed by atoms with van der Waals surface area (Å²) >= 11 is 1.55. The van der Waals surface area contributed by atoms with Crippen LogP contribution >= 0.6 is 11.3 Å². The molecule has 5 nitrogen and oxygen atoms in total. The van der Waals surface area contributed by atoms with Crippen molar-refractivity contribution in [2.24, 2.45) is 0 Å². The van der Waals surface area contributed by atoms with E-state index in [4.69, 9.17) is 4.74 Å². The summed E-state index contributed by atoms with van der Waals surface area (Å²) < 4.78 is 5.47. The fourth-order valence-electron chi connectivity index (χ4n) is 2.06. The zero-order valence-electron chi connectivity index (χ0n) is 11.4. The van der Waals surface area contributed by atoms with Gasteiger partial charge in [-0.2, -0.15) is 0 Å². The van der Waals surface area contributed by atoms with Gasteiger partial charge in [-0.1, -0.05) is 6.07 Å². The third-order valence-corrected chi connectivity index (χ3v) is 3.99. The van der Waals surface area contributed by atoms with E-state index < -0.39 is 6.10 Å². The van der Waals surface area contributed by atoms with Crippen LogP contribution in [0.3, 0.4) is 0 Å². The molecule has 1 atom stereocenters. The standard InChI is InChI=1S/C15H14N2O3S/c1-9-15(19)17-12-7-10(4-5-13(12)20-9)16-14(18)8-11-3-2-6-21-11/h2-7,9H,8H2,1H3,(H,16,18)(H,17,19). The minimum absolute atomic E-state index is 0.0891. The monoisotopic (exact) mass is 302 g/mol. The van der Waals surface area contributed by atoms with E-state index in [0.29, 0.717) is 23.5 Å². The summed E-state index contributed by atoms with van der Waals surface area (Å²) in [4.78, 5) is 24.5. The lowest BCUT2D eigenvalue weighted by molar-refractivity contribution is -0.122. The predicted molar refractivity (Wildman–Crippen MR) is 81.8 cm³/mol. The summed E-state index contributed by atoms with van der Waals surface area (Å²) in [6.45, 7) is 1.69. The molecule has 1 aromatic carbocycles. The molecule has 1 aromatic heterocycles. The number of hydrogen-bond acceptors (Lipinski definition) is 4. The highest BCUT2D eigenvalue weighted by atomic mass is 32.1. The van der Waals surface area contributed by atoms with E-state index in [0.717, 1.165) is 4.88 Å². The van der Waals surface area contributed by atoms with Crippen molar-refractivity contribution in [2.45, 2.75) is 19.4 Å². The molecule has 0 saturated heterocycles. The number of thiophene rings is 1. The Bertz CT molecular complexity index is 682. The van der Waals surface area contributed by atoms with Gasteiger partial charge in [-0.25, -0.2) is 0 Å². The van der Waals surface area contributed by atoms with Gasteiger partial charge in [0.1, 0.15) is 5.75 Å². The predicted octanol–water partition coefficient (Wildman–Crippen LogP) is 2.65. The number of hydrogen-bond donors (Lipinski definition) is 2. The van der Waals surface area contributed by atoms with Gasteiger partial charge in [0.05, 0.1) is 12.1 Å². The Hall–Kier alpha value is -2.34. The van der Waals surface area contributed by atoms with E-state index in [1.165, 1.54) is 0 Å². The lowest BCUT2D eigenvalue weighted by Gasteiger charge is -2.23. The number of rotatable bonds is 3. The van der Waals surface area contributed by atoms with Gasteiger partial charge in [-0.3, -0.25) is 9.59 Å². The molecule has 2 amide bonds. The minimum atomic E-state index is -0.503. The Kier molecular flexibility index (Phi) is 3.62. The van der Waals surface area contributed by atoms with Gasteiger partial charge in [-0.05, 0) is 36.6 Å². The van der Waals surface area contributed by atoms with Crippen LogP contribution in [0.15, 0.2) is 35.7 Å². The van der Waals surface area contributed by atoms with Crippen molar-refractivity contribution in [1.29, 1.82) is 0 Å². The van der Waals surface area contributed by atoms with Crippen molar-refractivity contribution in [3.05, 3.63) is 40.6 Å². The number of anilines is 2. The molecule has 0 radical (unpaired) electrons. The largest absolute Gasteiger partial charge is 0.479 e. The number of nitrogens with one attached hydrogen (secondary N) is 2. The van der Waals surface area contributed by atoms with Gasteiger partial charge in [0.25, 0.3) is 5.91 Å². The maximum absolute atomic E-state index is 11.9. The molecular weight excluding hydrogens is 288 g/mol. The second kappa shape index (κ2) is 5.57. The highest BCUT2D eigenvalue weighted by Gasteiger charge is 2.23. The van der Waals surface area contributed by atoms with Gasteiger partial charge in [0, 0.05) is 10.6 Å². The molecule has 1 aliphatic rings. The third kappa shape index (κ3) is 3.05. The number of amides is 2. The van der Waals surface area contributed by atoms with E-state index in [-0.39, 0.29) is 11.8 Å². The molecule has 2 aromatic rings. The van der Waals surface area contributed by atoms with E-state index >= 15 is 0 Å². The molecule has 0 aliphatic carbocycles. The fourth-order valence-corrected chi connectivity index (χ4v) is 2.77. The van der Waals surface area contributed by atoms with Crippen LogP contribution in [0.4, 0.5) is 11.4 Å². The summed E-state index contributed by atoms with van der Waals surface area (Å²) in [5, 5.41) is 7.51. The van der Waals surface area contributed by atoms with Gasteiger partial charge in [0.15, 0.2) is 6.10 Å². The molecule has 3 rings (SSSR count). The van der Waals surface area contributed by atoms with E-state index in [1.807, 2.05) is 17.5 Å². The second-order valence-electron chi connectivity index (χ2n) is 4.76. The summed E-state index contributed by atoms with van der Waals surface area (Å²) in [6, 6.07) is 9.04. The van der Waals surface area contributed by atoms with Crippen LogP contribution in [0, 0.1) is 0 Å². The minimum Gasteiger partial charge on any atom is -0.479 e. The third-order valence-electron chi connectivity index (χ3n) is 3.11. The van der Waals surface area contributed by atoms with Crippen LogP contribution in [-0.2, 0) is 16.0 Å². The lowest BCUT2D eigenvalue weighted by atomic mass is 10.2. The molecule has 1 aliphatic heterocycles. The highest BCUT2D eigenvalue weighted by molar-refractivity contribution is 7.10. The van der Waals surface area contributed by atoms with Gasteiger partial charge < -0.3 is 15.4 Å². The average molecular weight is 302 g/mol. The summed E-state index contributed by atoms with van der Waals surface area (Å²) in [7, 11) is 0. The fraction of sp³-hybridized carbons (Fsp3) is 0.200. The van der Waals surface area contributed by atoms with Gasteiger partial charge in [0.2, 0.25) is 5.91 Å². The molecule has 0 spiro atoms. The molecule has 21 heavy (non-hydrogen) atoms. The first kappa shape index (κ1) is 13.6. The van der Waals surface area contributed by atoms with Crippen LogP contribution in [0.1, 0.15) is 11.8 Å². The number of fused-ring (bicyclic) bond motifs is 1. The quantitative estimate of drug-likeness (QED) is 0.916. The zero-order chi connectivity index (χ0) is 14.8. The van der Waals surface area contributed by atoms with Crippen LogP contribution in [-0.4, -0.2) is 17.9 Å². The Morgan fingerprint density at radius 3 is 3.05 bits per heavy atom. The highest BCUT2D eigenvalue weighted by Crippen LogP contribution is 2.32. The van der Waals surface area contributed by atoms with Gasteiger partial charge in [-0.15, -0.1) is 11.3 Å². The molecule has 0 saturated carbocycles. The summed E-state index contributed by atoms with van der Waals surface area (Å²) in [6.07, 6.45) is -0.161. The molecule has 6 heteroatoms. The van der Waals surface area contributed by atoms with E-state index in [2.05, 4.69) is 10.6 Å². The van der Waals surface area contributed by atoms with Crippen molar-refractivity contribution >= 4 is 34.5 Å². The summed E-state index contributed by atoms with van der Waals surface area (Å²) in [5.41, 5.74) is 1.21. The molecule has 2 heterocycles. The maximum atomic E-state index is 11.9. The maximum Gasteiger partial charge on any atom is 0.265 e. The topological polar surface area (TPSA) is 67.4 Å². The van der Waals surface area contributed by atoms with Crippen LogP contribution in [0.2, 0.25) is 0 Å². The average Bonchev–Trinajstić information content (AvgIpc) is 2.93. The first-order valence-corrected chi connectivity index (χ1v) is 7.43. The van der Waals surface area contributed by atoms with Crippen LogP contribution < -0.4 is 15.4 Å². The molecule has 0 bridgehead atoms. The number of ether oxygens (including phenoxy) is 1. The van der Waals surface area contributed by atoms with Crippen molar-refractivity contribution in [2.75, 3.05) is 10.6 Å². The van der Waals surface area contributed by atoms with Crippen molar-refractivity contribution in [3.63, 3.8) is 0 Å². The number of carbonyl (C=O) groups is 2. The number of benzene rings is 1. The van der Waals surface area contributed by atoms with E-state index in [9.17, 15) is 9.59 Å². The normalized spacial score (nSPS) is 16.6. The first-order valence-electron chi connectivity index (χ1n) is 6.55. The van der Waals surface area contributed by atoms with Gasteiger partial charge >= 0.3 is 0 Å². The lowest BCUT2D eigenvalue weighted by Crippen LogP contribution is -2.34. The van der Waals surface area contributed by atoms with Crippen LogP contribution in [0.5, 0.6) is 5.75 Å². The van der Waals surface area contributed by atoms with Crippen molar-refractivity contribution in [1.82, 2.24) is 0 Å². The van der Waals surface area contributed by atoms with E-state index in [1.54, 1.807) is 36.5 Å².